The van der Waals surface area contributed by atoms with Gasteiger partial charge in [-0.2, -0.15) is 0 Å². The van der Waals surface area contributed by atoms with E-state index in [1.165, 1.54) is 0 Å². The quantitative estimate of drug-likeness (QED) is 0.483. The topological polar surface area (TPSA) is 29.1 Å². The molecule has 0 unspecified atom stereocenters. The van der Waals surface area contributed by atoms with Gasteiger partial charge in [-0.1, -0.05) is 33.0 Å². The summed E-state index contributed by atoms with van der Waals surface area (Å²) in [6.07, 6.45) is 2.18. The molecule has 4 heteroatoms. The first kappa shape index (κ1) is 12.7. The summed E-state index contributed by atoms with van der Waals surface area (Å²) in [5.74, 6) is 0. The van der Waals surface area contributed by atoms with Crippen molar-refractivity contribution < 1.29 is 0 Å². The van der Waals surface area contributed by atoms with Crippen LogP contribution in [0.2, 0.25) is 0 Å². The monoisotopic (exact) mass is 243 g/mol. The number of anilines is 1. The average Bonchev–Trinajstić information content (AvgIpc) is 2.14. The minimum atomic E-state index is -0.0641. The Labute approximate surface area is 101 Å². The first-order chi connectivity index (χ1) is 6.83. The Bertz CT molecular complexity index is 411. The Morgan fingerprint density at radius 3 is 2.47 bits per heavy atom. The number of hydrogen-bond donors (Lipinski definition) is 2. The second kappa shape index (κ2) is 4.66. The zero-order chi connectivity index (χ0) is 11.6. The predicted octanol–water partition coefficient (Wildman–Crippen LogP) is 3.18. The summed E-state index contributed by atoms with van der Waals surface area (Å²) in [4.78, 5) is 11.9. The van der Waals surface area contributed by atoms with Crippen LogP contribution in [0.3, 0.4) is 0 Å². The van der Waals surface area contributed by atoms with Gasteiger partial charge in [-0.15, -0.1) is 12.6 Å². The number of hydrogen-bond acceptors (Lipinski definition) is 4. The molecule has 84 valence electrons. The van der Waals surface area contributed by atoms with Crippen molar-refractivity contribution in [3.8, 4) is 0 Å². The van der Waals surface area contributed by atoms with E-state index in [0.29, 0.717) is 20.5 Å². The lowest BCUT2D eigenvalue weighted by Gasteiger charge is -2.18. The van der Waals surface area contributed by atoms with E-state index in [1.807, 2.05) is 0 Å². The molecular weight excluding hydrogens is 226 g/mol. The summed E-state index contributed by atoms with van der Waals surface area (Å²) in [5, 5.41) is 3.09. The largest absolute Gasteiger partial charge is 0.381 e. The van der Waals surface area contributed by atoms with Gasteiger partial charge >= 0.3 is 0 Å². The fourth-order valence-electron chi connectivity index (χ4n) is 1.38. The van der Waals surface area contributed by atoms with Gasteiger partial charge in [0.1, 0.15) is 4.51 Å². The van der Waals surface area contributed by atoms with Crippen molar-refractivity contribution in [1.29, 1.82) is 0 Å². The molecule has 0 atom stereocenters. The molecule has 0 radical (unpaired) electrons. The Morgan fingerprint density at radius 2 is 2.00 bits per heavy atom. The van der Waals surface area contributed by atoms with E-state index in [0.717, 1.165) is 19.4 Å². The van der Waals surface area contributed by atoms with E-state index in [2.05, 4.69) is 38.7 Å². The van der Waals surface area contributed by atoms with Crippen LogP contribution in [-0.4, -0.2) is 6.54 Å². The third kappa shape index (κ3) is 3.31. The van der Waals surface area contributed by atoms with Crippen LogP contribution in [0.4, 0.5) is 5.69 Å². The van der Waals surface area contributed by atoms with Crippen LogP contribution in [-0.2, 0) is 0 Å². The van der Waals surface area contributed by atoms with Gasteiger partial charge in [0.15, 0.2) is 0 Å². The Morgan fingerprint density at radius 1 is 1.40 bits per heavy atom. The molecule has 0 fully saturated rings. The molecule has 0 aliphatic rings. The van der Waals surface area contributed by atoms with Crippen molar-refractivity contribution in [2.75, 3.05) is 11.9 Å². The highest BCUT2D eigenvalue weighted by molar-refractivity contribution is 7.81. The van der Waals surface area contributed by atoms with Crippen molar-refractivity contribution in [3.05, 3.63) is 14.7 Å². The summed E-state index contributed by atoms with van der Waals surface area (Å²) in [6, 6.07) is 0. The van der Waals surface area contributed by atoms with E-state index in [9.17, 15) is 4.79 Å². The molecule has 0 spiro atoms. The van der Waals surface area contributed by atoms with E-state index in [1.54, 1.807) is 0 Å². The molecule has 0 aliphatic heterocycles. The highest BCUT2D eigenvalue weighted by Gasteiger charge is 2.14. The van der Waals surface area contributed by atoms with Gasteiger partial charge in [0, 0.05) is 6.54 Å². The lowest BCUT2D eigenvalue weighted by Crippen LogP contribution is -2.19. The standard InChI is InChI=1S/C11H17NOS2/c1-11(2,3)5-4-6-12-7-8(13)10(15)9(7)14/h12,14H,4-6H2,1-3H3. The smallest absolute Gasteiger partial charge is 0.222 e. The molecular formula is C11H17NOS2. The second-order valence-electron chi connectivity index (χ2n) is 4.97. The fraction of sp³-hybridized carbons (Fsp3) is 0.636. The first-order valence-corrected chi connectivity index (χ1v) is 5.94. The first-order valence-electron chi connectivity index (χ1n) is 5.09. The van der Waals surface area contributed by atoms with Crippen LogP contribution in [0.5, 0.6) is 0 Å². The van der Waals surface area contributed by atoms with Crippen LogP contribution in [0.1, 0.15) is 33.6 Å². The molecule has 1 aromatic rings. The highest BCUT2D eigenvalue weighted by Crippen LogP contribution is 2.22. The molecule has 15 heavy (non-hydrogen) atoms. The molecule has 0 saturated heterocycles. The van der Waals surface area contributed by atoms with E-state index in [-0.39, 0.29) is 5.43 Å². The minimum absolute atomic E-state index is 0.0641. The van der Waals surface area contributed by atoms with Crippen LogP contribution >= 0.6 is 24.8 Å². The zero-order valence-corrected chi connectivity index (χ0v) is 11.1. The van der Waals surface area contributed by atoms with Gasteiger partial charge in [0.2, 0.25) is 5.43 Å². The predicted molar refractivity (Wildman–Crippen MR) is 70.3 cm³/mol. The SMILES string of the molecule is CC(C)(C)CCCNc1c(S)c(=S)c1=O. The van der Waals surface area contributed by atoms with Gasteiger partial charge < -0.3 is 5.32 Å². The van der Waals surface area contributed by atoms with Gasteiger partial charge in [-0.3, -0.25) is 4.79 Å². The van der Waals surface area contributed by atoms with Crippen molar-refractivity contribution >= 4 is 30.5 Å². The third-order valence-corrected chi connectivity index (χ3v) is 3.28. The molecule has 0 heterocycles. The molecule has 1 N–H and O–H groups in total. The highest BCUT2D eigenvalue weighted by atomic mass is 32.1. The van der Waals surface area contributed by atoms with Gasteiger partial charge in [-0.05, 0) is 18.3 Å². The summed E-state index contributed by atoms with van der Waals surface area (Å²) < 4.78 is 0.358. The van der Waals surface area contributed by atoms with Crippen LogP contribution in [0.25, 0.3) is 0 Å². The lowest BCUT2D eigenvalue weighted by molar-refractivity contribution is 0.370. The van der Waals surface area contributed by atoms with Crippen molar-refractivity contribution in [2.24, 2.45) is 5.41 Å². The van der Waals surface area contributed by atoms with E-state index >= 15 is 0 Å². The molecule has 0 saturated carbocycles. The molecule has 1 aromatic carbocycles. The summed E-state index contributed by atoms with van der Waals surface area (Å²) in [5.41, 5.74) is 0.877. The molecule has 0 aliphatic carbocycles. The van der Waals surface area contributed by atoms with Crippen molar-refractivity contribution in [2.45, 2.75) is 38.5 Å². The third-order valence-electron chi connectivity index (χ3n) is 2.29. The minimum Gasteiger partial charge on any atom is -0.381 e. The maximum absolute atomic E-state index is 11.3. The lowest BCUT2D eigenvalue weighted by atomic mass is 9.91. The van der Waals surface area contributed by atoms with Crippen LogP contribution in [0.15, 0.2) is 9.69 Å². The molecule has 0 aromatic heterocycles. The summed E-state index contributed by atoms with van der Waals surface area (Å²) >= 11 is 8.97. The second-order valence-corrected chi connectivity index (χ2v) is 5.83. The van der Waals surface area contributed by atoms with Crippen molar-refractivity contribution in [1.82, 2.24) is 0 Å². The normalized spacial score (nSPS) is 12.0. The summed E-state index contributed by atoms with van der Waals surface area (Å²) in [6.45, 7) is 7.44. The Balaban J connectivity index is 2.34. The van der Waals surface area contributed by atoms with Crippen LogP contribution < -0.4 is 10.7 Å². The maximum atomic E-state index is 11.3. The number of thiol groups is 1. The van der Waals surface area contributed by atoms with Crippen LogP contribution in [0, 0.1) is 9.93 Å². The molecule has 0 bridgehead atoms. The molecule has 2 nitrogen and oxygen atoms in total. The number of nitrogens with one attached hydrogen (secondary N) is 1. The molecule has 0 amide bonds. The van der Waals surface area contributed by atoms with Gasteiger partial charge in [0.05, 0.1) is 10.6 Å². The molecule has 1 rings (SSSR count). The fourth-order valence-corrected chi connectivity index (χ4v) is 1.86. The Hall–Kier alpha value is -0.350. The van der Waals surface area contributed by atoms with Crippen molar-refractivity contribution in [3.63, 3.8) is 0 Å². The number of rotatable bonds is 4. The average molecular weight is 243 g/mol. The summed E-state index contributed by atoms with van der Waals surface area (Å²) in [7, 11) is 0. The van der Waals surface area contributed by atoms with E-state index < -0.39 is 0 Å². The van der Waals surface area contributed by atoms with E-state index in [4.69, 9.17) is 12.2 Å². The van der Waals surface area contributed by atoms with Gasteiger partial charge in [-0.25, -0.2) is 0 Å². The van der Waals surface area contributed by atoms with Gasteiger partial charge in [0.25, 0.3) is 0 Å². The Kier molecular flexibility index (Phi) is 3.95. The maximum Gasteiger partial charge on any atom is 0.222 e. The zero-order valence-electron chi connectivity index (χ0n) is 9.39.